The Morgan fingerprint density at radius 1 is 1.56 bits per heavy atom. The average molecular weight is 336 g/mol. The van der Waals surface area contributed by atoms with Gasteiger partial charge in [-0.25, -0.2) is 13.4 Å². The molecule has 7 heteroatoms. The van der Waals surface area contributed by atoms with Crippen molar-refractivity contribution in [1.82, 2.24) is 13.9 Å². The molecule has 0 amide bonds. The molecule has 1 saturated heterocycles. The van der Waals surface area contributed by atoms with Gasteiger partial charge in [0.25, 0.3) is 10.0 Å². The number of hydrogen-bond donors (Lipinski definition) is 0. The molecule has 0 saturated carbocycles. The molecular weight excluding hydrogens is 318 g/mol. The zero-order valence-corrected chi connectivity index (χ0v) is 13.0. The van der Waals surface area contributed by atoms with Crippen LogP contribution in [0.1, 0.15) is 20.3 Å². The van der Waals surface area contributed by atoms with Crippen LogP contribution in [0.15, 0.2) is 17.6 Å². The predicted octanol–water partition coefficient (Wildman–Crippen LogP) is 1.70. The molecule has 102 valence electrons. The number of halogens is 1. The monoisotopic (exact) mass is 335 g/mol. The van der Waals surface area contributed by atoms with E-state index in [1.54, 1.807) is 17.1 Å². The van der Waals surface area contributed by atoms with E-state index in [9.17, 15) is 8.42 Å². The summed E-state index contributed by atoms with van der Waals surface area (Å²) in [7, 11) is -3.44. The molecule has 2 atom stereocenters. The molecule has 0 bridgehead atoms. The minimum atomic E-state index is -3.44. The summed E-state index contributed by atoms with van der Waals surface area (Å²) in [4.78, 5) is 4.21. The first-order valence-electron chi connectivity index (χ1n) is 6.11. The molecule has 2 unspecified atom stereocenters. The Kier molecular flexibility index (Phi) is 4.13. The second-order valence-corrected chi connectivity index (χ2v) is 7.75. The fraction of sp³-hybridized carbons (Fsp3) is 0.727. The molecule has 0 aromatic carbocycles. The Balaban J connectivity index is 2.21. The van der Waals surface area contributed by atoms with Crippen molar-refractivity contribution in [2.75, 3.05) is 13.1 Å². The summed E-state index contributed by atoms with van der Waals surface area (Å²) in [5.74, 6) is 0.504. The normalized spacial score (nSPS) is 26.4. The largest absolute Gasteiger partial charge is 0.336 e. The van der Waals surface area contributed by atoms with Crippen molar-refractivity contribution >= 4 is 26.0 Å². The third kappa shape index (κ3) is 2.62. The third-order valence-corrected chi connectivity index (χ3v) is 6.35. The minimum Gasteiger partial charge on any atom is -0.336 e. The van der Waals surface area contributed by atoms with Gasteiger partial charge in [0.1, 0.15) is 0 Å². The molecule has 0 aliphatic carbocycles. The van der Waals surface area contributed by atoms with E-state index in [0.29, 0.717) is 19.0 Å². The molecule has 1 aromatic rings. The second kappa shape index (κ2) is 5.30. The van der Waals surface area contributed by atoms with E-state index in [4.69, 9.17) is 0 Å². The lowest BCUT2D eigenvalue weighted by Gasteiger charge is -2.32. The van der Waals surface area contributed by atoms with Gasteiger partial charge in [-0.1, -0.05) is 22.9 Å². The predicted molar refractivity (Wildman–Crippen MR) is 73.2 cm³/mol. The topological polar surface area (TPSA) is 55.2 Å². The zero-order chi connectivity index (χ0) is 13.3. The summed E-state index contributed by atoms with van der Waals surface area (Å²) in [6.07, 6.45) is 4.03. The third-order valence-electron chi connectivity index (χ3n) is 3.41. The second-order valence-electron chi connectivity index (χ2n) is 4.69. The summed E-state index contributed by atoms with van der Waals surface area (Å²) in [5.41, 5.74) is 0. The number of imidazole rings is 1. The molecule has 0 spiro atoms. The fourth-order valence-electron chi connectivity index (χ4n) is 1.99. The summed E-state index contributed by atoms with van der Waals surface area (Å²) < 4.78 is 28.1. The van der Waals surface area contributed by atoms with Gasteiger partial charge in [0.15, 0.2) is 5.03 Å². The van der Waals surface area contributed by atoms with Crippen LogP contribution in [0.5, 0.6) is 0 Å². The molecular formula is C11H18BrN3O2S. The van der Waals surface area contributed by atoms with Crippen LogP contribution in [0.4, 0.5) is 0 Å². The molecule has 1 aliphatic rings. The van der Waals surface area contributed by atoms with Crippen molar-refractivity contribution in [2.24, 2.45) is 5.92 Å². The van der Waals surface area contributed by atoms with Crippen LogP contribution in [-0.2, 0) is 16.6 Å². The highest BCUT2D eigenvalue weighted by Crippen LogP contribution is 2.27. The first kappa shape index (κ1) is 14.0. The number of nitrogens with zero attached hydrogens (tertiary/aromatic N) is 3. The molecule has 2 rings (SSSR count). The van der Waals surface area contributed by atoms with E-state index in [1.165, 1.54) is 4.31 Å². The molecule has 1 aliphatic heterocycles. The number of hydrogen-bond acceptors (Lipinski definition) is 3. The molecule has 0 N–H and O–H groups in total. The number of aromatic nitrogens is 2. The van der Waals surface area contributed by atoms with E-state index < -0.39 is 10.0 Å². The fourth-order valence-corrected chi connectivity index (χ4v) is 4.21. The quantitative estimate of drug-likeness (QED) is 0.790. The summed E-state index contributed by atoms with van der Waals surface area (Å²) in [6.45, 7) is 5.90. The maximum absolute atomic E-state index is 12.4. The summed E-state index contributed by atoms with van der Waals surface area (Å²) in [6, 6.07) is 0. The molecule has 0 radical (unpaired) electrons. The lowest BCUT2D eigenvalue weighted by molar-refractivity contribution is 0.299. The van der Waals surface area contributed by atoms with E-state index >= 15 is 0 Å². The molecule has 1 aromatic heterocycles. The maximum Gasteiger partial charge on any atom is 0.262 e. The molecule has 1 fully saturated rings. The van der Waals surface area contributed by atoms with Gasteiger partial charge in [-0.2, -0.15) is 4.31 Å². The number of piperidine rings is 1. The van der Waals surface area contributed by atoms with Gasteiger partial charge < -0.3 is 4.57 Å². The standard InChI is InChI=1S/C11H18BrN3O2S/c1-3-14-7-11(13-8-14)18(16,17)15-5-4-9(2)10(12)6-15/h7-10H,3-6H2,1-2H3. The molecule has 2 heterocycles. The van der Waals surface area contributed by atoms with Crippen molar-refractivity contribution in [3.8, 4) is 0 Å². The first-order valence-corrected chi connectivity index (χ1v) is 8.46. The van der Waals surface area contributed by atoms with Crippen LogP contribution < -0.4 is 0 Å². The van der Waals surface area contributed by atoms with Crippen LogP contribution in [0, 0.1) is 5.92 Å². The van der Waals surface area contributed by atoms with Gasteiger partial charge in [0.05, 0.1) is 6.33 Å². The number of sulfonamides is 1. The van der Waals surface area contributed by atoms with Gasteiger partial charge in [0, 0.05) is 30.7 Å². The lowest BCUT2D eigenvalue weighted by atomic mass is 10.0. The maximum atomic E-state index is 12.4. The Morgan fingerprint density at radius 3 is 2.83 bits per heavy atom. The Labute approximate surface area is 116 Å². The van der Waals surface area contributed by atoms with Gasteiger partial charge in [-0.05, 0) is 19.3 Å². The van der Waals surface area contributed by atoms with Gasteiger partial charge >= 0.3 is 0 Å². The summed E-state index contributed by atoms with van der Waals surface area (Å²) >= 11 is 3.55. The Bertz CT molecular complexity index is 514. The van der Waals surface area contributed by atoms with Crippen LogP contribution in [0.3, 0.4) is 0 Å². The van der Waals surface area contributed by atoms with Crippen molar-refractivity contribution in [3.05, 3.63) is 12.5 Å². The summed E-state index contributed by atoms with van der Waals surface area (Å²) in [5, 5.41) is 0.151. The van der Waals surface area contributed by atoms with Gasteiger partial charge in [-0.15, -0.1) is 0 Å². The lowest BCUT2D eigenvalue weighted by Crippen LogP contribution is -2.43. The van der Waals surface area contributed by atoms with Crippen molar-refractivity contribution in [1.29, 1.82) is 0 Å². The molecule has 5 nitrogen and oxygen atoms in total. The van der Waals surface area contributed by atoms with E-state index in [0.717, 1.165) is 13.0 Å². The van der Waals surface area contributed by atoms with Crippen LogP contribution in [0.25, 0.3) is 0 Å². The highest BCUT2D eigenvalue weighted by Gasteiger charge is 2.33. The first-order chi connectivity index (χ1) is 8.45. The Hall–Kier alpha value is -0.400. The number of alkyl halides is 1. The SMILES string of the molecule is CCn1cnc(S(=O)(=O)N2CCC(C)C(Br)C2)c1. The number of rotatable bonds is 3. The van der Waals surface area contributed by atoms with Crippen LogP contribution >= 0.6 is 15.9 Å². The van der Waals surface area contributed by atoms with Gasteiger partial charge in [-0.3, -0.25) is 0 Å². The zero-order valence-electron chi connectivity index (χ0n) is 10.6. The van der Waals surface area contributed by atoms with Crippen molar-refractivity contribution in [3.63, 3.8) is 0 Å². The molecule has 18 heavy (non-hydrogen) atoms. The van der Waals surface area contributed by atoms with Gasteiger partial charge in [0.2, 0.25) is 0 Å². The average Bonchev–Trinajstić information content (AvgIpc) is 2.81. The van der Waals surface area contributed by atoms with E-state index in [-0.39, 0.29) is 9.85 Å². The number of aryl methyl sites for hydroxylation is 1. The van der Waals surface area contributed by atoms with E-state index in [2.05, 4.69) is 27.8 Å². The highest BCUT2D eigenvalue weighted by atomic mass is 79.9. The van der Waals surface area contributed by atoms with Crippen molar-refractivity contribution < 1.29 is 8.42 Å². The highest BCUT2D eigenvalue weighted by molar-refractivity contribution is 9.09. The smallest absolute Gasteiger partial charge is 0.262 e. The van der Waals surface area contributed by atoms with E-state index in [1.807, 2.05) is 6.92 Å². The van der Waals surface area contributed by atoms with Crippen LogP contribution in [0.2, 0.25) is 0 Å². The van der Waals surface area contributed by atoms with Crippen LogP contribution in [-0.4, -0.2) is 40.2 Å². The Morgan fingerprint density at radius 2 is 2.28 bits per heavy atom. The van der Waals surface area contributed by atoms with Crippen molar-refractivity contribution in [2.45, 2.75) is 36.7 Å². The minimum absolute atomic E-state index is 0.151.